The zero-order valence-electron chi connectivity index (χ0n) is 7.64. The van der Waals surface area contributed by atoms with E-state index in [9.17, 15) is 5.11 Å². The lowest BCUT2D eigenvalue weighted by Gasteiger charge is -2.31. The van der Waals surface area contributed by atoms with Gasteiger partial charge in [0.1, 0.15) is 0 Å². The van der Waals surface area contributed by atoms with E-state index in [-0.39, 0.29) is 0 Å². The summed E-state index contributed by atoms with van der Waals surface area (Å²) >= 11 is 0. The lowest BCUT2D eigenvalue weighted by Crippen LogP contribution is -2.40. The summed E-state index contributed by atoms with van der Waals surface area (Å²) in [6.07, 6.45) is 4.69. The number of nitrogens with zero attached hydrogens (tertiary/aromatic N) is 1. The Morgan fingerprint density at radius 3 is 2.73 bits per heavy atom. The van der Waals surface area contributed by atoms with E-state index in [1.54, 1.807) is 0 Å². The van der Waals surface area contributed by atoms with Gasteiger partial charge in [-0.2, -0.15) is 0 Å². The van der Waals surface area contributed by atoms with E-state index in [0.717, 1.165) is 19.5 Å². The molecule has 1 fully saturated rings. The first-order chi connectivity index (χ1) is 5.10. The second kappa shape index (κ2) is 3.55. The molecule has 0 aliphatic carbocycles. The fraction of sp³-hybridized carbons (Fsp3) is 1.00. The second-order valence-electron chi connectivity index (χ2n) is 4.05. The Bertz CT molecular complexity index is 123. The van der Waals surface area contributed by atoms with Crippen molar-refractivity contribution in [3.05, 3.63) is 0 Å². The minimum Gasteiger partial charge on any atom is -0.389 e. The Balaban J connectivity index is 2.42. The van der Waals surface area contributed by atoms with Crippen molar-refractivity contribution >= 4 is 0 Å². The van der Waals surface area contributed by atoms with Gasteiger partial charge in [0.25, 0.3) is 0 Å². The number of likely N-dealkylation sites (tertiary alicyclic amines) is 1. The molecule has 11 heavy (non-hydrogen) atoms. The van der Waals surface area contributed by atoms with Gasteiger partial charge in [-0.15, -0.1) is 0 Å². The van der Waals surface area contributed by atoms with E-state index in [1.807, 2.05) is 6.92 Å². The van der Waals surface area contributed by atoms with Crippen LogP contribution in [0.25, 0.3) is 0 Å². The lowest BCUT2D eigenvalue weighted by atomic mass is 9.96. The molecule has 2 heteroatoms. The van der Waals surface area contributed by atoms with Gasteiger partial charge in [0.2, 0.25) is 0 Å². The molecule has 1 saturated heterocycles. The lowest BCUT2D eigenvalue weighted by molar-refractivity contribution is 0.0106. The average Bonchev–Trinajstić information content (AvgIpc) is 1.82. The van der Waals surface area contributed by atoms with Gasteiger partial charge in [-0.3, -0.25) is 0 Å². The van der Waals surface area contributed by atoms with Crippen LogP contribution >= 0.6 is 0 Å². The molecule has 66 valence electrons. The molecule has 0 aromatic heterocycles. The molecule has 0 spiro atoms. The van der Waals surface area contributed by atoms with Crippen molar-refractivity contribution < 1.29 is 5.11 Å². The van der Waals surface area contributed by atoms with E-state index in [0.29, 0.717) is 0 Å². The van der Waals surface area contributed by atoms with Gasteiger partial charge in [0, 0.05) is 6.54 Å². The molecule has 1 heterocycles. The summed E-state index contributed by atoms with van der Waals surface area (Å²) in [5, 5.41) is 9.81. The largest absolute Gasteiger partial charge is 0.389 e. The molecule has 0 amide bonds. The SMILES string of the molecule is CN1CCCCCC(C)(O)C1. The van der Waals surface area contributed by atoms with Crippen LogP contribution in [-0.4, -0.2) is 35.7 Å². The van der Waals surface area contributed by atoms with Gasteiger partial charge in [-0.05, 0) is 33.4 Å². The summed E-state index contributed by atoms with van der Waals surface area (Å²) in [5.41, 5.74) is -0.449. The topological polar surface area (TPSA) is 23.5 Å². The highest BCUT2D eigenvalue weighted by Crippen LogP contribution is 2.18. The normalized spacial score (nSPS) is 36.3. The van der Waals surface area contributed by atoms with Crippen LogP contribution in [0.4, 0.5) is 0 Å². The van der Waals surface area contributed by atoms with Gasteiger partial charge in [0.05, 0.1) is 5.60 Å². The molecule has 0 aromatic rings. The van der Waals surface area contributed by atoms with E-state index in [2.05, 4.69) is 11.9 Å². The number of β-amino-alcohol motifs (C(OH)–C–C–N with tert-alkyl or cyclic N) is 1. The molecule has 1 aliphatic rings. The molecule has 1 unspecified atom stereocenters. The Hall–Kier alpha value is -0.0800. The first-order valence-electron chi connectivity index (χ1n) is 4.51. The van der Waals surface area contributed by atoms with Gasteiger partial charge >= 0.3 is 0 Å². The third-order valence-corrected chi connectivity index (χ3v) is 2.37. The standard InChI is InChI=1S/C9H19NO/c1-9(11)6-4-3-5-7-10(2)8-9/h11H,3-8H2,1-2H3. The summed E-state index contributed by atoms with van der Waals surface area (Å²) in [6, 6.07) is 0. The van der Waals surface area contributed by atoms with Crippen molar-refractivity contribution in [2.24, 2.45) is 0 Å². The number of hydrogen-bond acceptors (Lipinski definition) is 2. The number of likely N-dealkylation sites (N-methyl/N-ethyl adjacent to an activating group) is 1. The number of rotatable bonds is 0. The summed E-state index contributed by atoms with van der Waals surface area (Å²) in [5.74, 6) is 0. The van der Waals surface area contributed by atoms with Gasteiger partial charge < -0.3 is 10.0 Å². The van der Waals surface area contributed by atoms with Crippen LogP contribution < -0.4 is 0 Å². The molecule has 0 radical (unpaired) electrons. The third kappa shape index (κ3) is 3.21. The van der Waals surface area contributed by atoms with Gasteiger partial charge in [0.15, 0.2) is 0 Å². The highest BCUT2D eigenvalue weighted by Gasteiger charge is 2.23. The van der Waals surface area contributed by atoms with Crippen LogP contribution in [0.15, 0.2) is 0 Å². The first-order valence-corrected chi connectivity index (χ1v) is 4.51. The van der Waals surface area contributed by atoms with E-state index in [4.69, 9.17) is 0 Å². The van der Waals surface area contributed by atoms with Crippen molar-refractivity contribution in [3.8, 4) is 0 Å². The predicted molar refractivity (Wildman–Crippen MR) is 46.6 cm³/mol. The van der Waals surface area contributed by atoms with Crippen molar-refractivity contribution in [1.29, 1.82) is 0 Å². The summed E-state index contributed by atoms with van der Waals surface area (Å²) in [7, 11) is 2.08. The molecule has 1 atom stereocenters. The Labute approximate surface area is 69.2 Å². The zero-order valence-corrected chi connectivity index (χ0v) is 7.64. The van der Waals surface area contributed by atoms with Crippen molar-refractivity contribution in [3.63, 3.8) is 0 Å². The molecular formula is C9H19NO. The first kappa shape index (κ1) is 9.01. The average molecular weight is 157 g/mol. The van der Waals surface area contributed by atoms with Crippen LogP contribution in [0.2, 0.25) is 0 Å². The van der Waals surface area contributed by atoms with Crippen LogP contribution in [0.1, 0.15) is 32.6 Å². The molecule has 2 nitrogen and oxygen atoms in total. The maximum Gasteiger partial charge on any atom is 0.0746 e. The van der Waals surface area contributed by atoms with Crippen LogP contribution in [0.3, 0.4) is 0 Å². The molecule has 0 bridgehead atoms. The Kier molecular flexibility index (Phi) is 2.90. The minimum absolute atomic E-state index is 0.449. The summed E-state index contributed by atoms with van der Waals surface area (Å²) in [6.45, 7) is 3.90. The molecule has 0 aromatic carbocycles. The van der Waals surface area contributed by atoms with Crippen molar-refractivity contribution in [2.75, 3.05) is 20.1 Å². The van der Waals surface area contributed by atoms with Crippen molar-refractivity contribution in [1.82, 2.24) is 4.90 Å². The highest BCUT2D eigenvalue weighted by molar-refractivity contribution is 4.78. The minimum atomic E-state index is -0.449. The monoisotopic (exact) mass is 157 g/mol. The molecule has 0 saturated carbocycles. The Morgan fingerprint density at radius 1 is 1.27 bits per heavy atom. The predicted octanol–water partition coefficient (Wildman–Crippen LogP) is 1.24. The van der Waals surface area contributed by atoms with Crippen LogP contribution in [-0.2, 0) is 0 Å². The summed E-state index contributed by atoms with van der Waals surface area (Å²) < 4.78 is 0. The third-order valence-electron chi connectivity index (χ3n) is 2.37. The van der Waals surface area contributed by atoms with Crippen molar-refractivity contribution in [2.45, 2.75) is 38.2 Å². The summed E-state index contributed by atoms with van der Waals surface area (Å²) in [4.78, 5) is 2.22. The molecular weight excluding hydrogens is 138 g/mol. The number of aliphatic hydroxyl groups is 1. The fourth-order valence-corrected chi connectivity index (χ4v) is 1.80. The highest BCUT2D eigenvalue weighted by atomic mass is 16.3. The number of hydrogen-bond donors (Lipinski definition) is 1. The van der Waals surface area contributed by atoms with Gasteiger partial charge in [-0.25, -0.2) is 0 Å². The fourth-order valence-electron chi connectivity index (χ4n) is 1.80. The molecule has 1 aliphatic heterocycles. The van der Waals surface area contributed by atoms with E-state index in [1.165, 1.54) is 19.3 Å². The van der Waals surface area contributed by atoms with Gasteiger partial charge in [-0.1, -0.05) is 12.8 Å². The quantitative estimate of drug-likeness (QED) is 0.572. The van der Waals surface area contributed by atoms with Crippen LogP contribution in [0, 0.1) is 0 Å². The molecule has 1 N–H and O–H groups in total. The zero-order chi connectivity index (χ0) is 8.32. The smallest absolute Gasteiger partial charge is 0.0746 e. The van der Waals surface area contributed by atoms with Crippen LogP contribution in [0.5, 0.6) is 0 Å². The maximum atomic E-state index is 9.81. The van der Waals surface area contributed by atoms with E-state index < -0.39 is 5.60 Å². The molecule has 1 rings (SSSR count). The Morgan fingerprint density at radius 2 is 2.00 bits per heavy atom. The maximum absolute atomic E-state index is 9.81. The second-order valence-corrected chi connectivity index (χ2v) is 4.05. The van der Waals surface area contributed by atoms with E-state index >= 15 is 0 Å².